The van der Waals surface area contributed by atoms with E-state index in [2.05, 4.69) is 15.0 Å². The number of nitrogens with one attached hydrogen (secondary N) is 1. The van der Waals surface area contributed by atoms with E-state index in [1.807, 2.05) is 0 Å². The minimum Gasteiger partial charge on any atom is -0.481 e. The van der Waals surface area contributed by atoms with Gasteiger partial charge in [0.1, 0.15) is 5.82 Å². The molecule has 0 aliphatic rings. The molecule has 2 heterocycles. The summed E-state index contributed by atoms with van der Waals surface area (Å²) < 4.78 is 0. The molecule has 0 radical (unpaired) electrons. The van der Waals surface area contributed by atoms with Crippen molar-refractivity contribution in [2.24, 2.45) is 0 Å². The summed E-state index contributed by atoms with van der Waals surface area (Å²) in [5.41, 5.74) is 1.04. The second-order valence-electron chi connectivity index (χ2n) is 5.51. The molecule has 0 saturated heterocycles. The molecule has 2 rings (SSSR count). The zero-order valence-corrected chi connectivity index (χ0v) is 14.2. The second-order valence-corrected chi connectivity index (χ2v) is 5.51. The number of carboxylic acid groups (broad SMARTS) is 1. The number of amides is 1. The number of hydrogen-bond donors (Lipinski definition) is 2. The molecule has 0 aliphatic carbocycles. The fourth-order valence-electron chi connectivity index (χ4n) is 2.41. The fourth-order valence-corrected chi connectivity index (χ4v) is 2.41. The molecule has 0 unspecified atom stereocenters. The standard InChI is InChI=1S/C17H20N4O4/c1-3-21(8-6-15(23)24)14(22)9-13-11(2)19-16(20-17(13)25)12-5-4-7-18-10-12/h4-5,7,10H,3,6,8-9H2,1-2H3,(H,23,24)(H,19,20,25). The third-order valence-electron chi connectivity index (χ3n) is 3.82. The van der Waals surface area contributed by atoms with Gasteiger partial charge in [-0.05, 0) is 26.0 Å². The number of likely N-dealkylation sites (N-methyl/N-ethyl adjacent to an activating group) is 1. The molecule has 0 fully saturated rings. The average molecular weight is 344 g/mol. The van der Waals surface area contributed by atoms with Crippen LogP contribution in [0.4, 0.5) is 0 Å². The molecular weight excluding hydrogens is 324 g/mol. The topological polar surface area (TPSA) is 116 Å². The van der Waals surface area contributed by atoms with Crippen LogP contribution in [0.25, 0.3) is 11.4 Å². The number of aryl methyl sites for hydroxylation is 1. The molecule has 0 saturated carbocycles. The zero-order valence-electron chi connectivity index (χ0n) is 14.2. The first-order valence-corrected chi connectivity index (χ1v) is 7.92. The molecule has 0 atom stereocenters. The predicted molar refractivity (Wildman–Crippen MR) is 91.0 cm³/mol. The summed E-state index contributed by atoms with van der Waals surface area (Å²) in [5, 5.41) is 8.75. The smallest absolute Gasteiger partial charge is 0.305 e. The number of pyridine rings is 1. The number of carbonyl (C=O) groups is 2. The molecule has 0 aliphatic heterocycles. The van der Waals surface area contributed by atoms with Crippen LogP contribution in [0.2, 0.25) is 0 Å². The van der Waals surface area contributed by atoms with Crippen LogP contribution in [0.15, 0.2) is 29.3 Å². The highest BCUT2D eigenvalue weighted by molar-refractivity contribution is 5.79. The van der Waals surface area contributed by atoms with Gasteiger partial charge >= 0.3 is 5.97 Å². The molecule has 2 aromatic heterocycles. The molecule has 1 amide bonds. The lowest BCUT2D eigenvalue weighted by Crippen LogP contribution is -2.35. The van der Waals surface area contributed by atoms with Crippen LogP contribution in [0.3, 0.4) is 0 Å². The van der Waals surface area contributed by atoms with E-state index in [1.54, 1.807) is 38.4 Å². The number of aromatic nitrogens is 3. The largest absolute Gasteiger partial charge is 0.481 e. The van der Waals surface area contributed by atoms with E-state index in [0.29, 0.717) is 23.6 Å². The molecule has 2 N–H and O–H groups in total. The summed E-state index contributed by atoms with van der Waals surface area (Å²) in [6.07, 6.45) is 2.97. The van der Waals surface area contributed by atoms with E-state index >= 15 is 0 Å². The summed E-state index contributed by atoms with van der Waals surface area (Å²) in [6, 6.07) is 3.52. The highest BCUT2D eigenvalue weighted by Gasteiger charge is 2.18. The Morgan fingerprint density at radius 2 is 2.12 bits per heavy atom. The molecule has 25 heavy (non-hydrogen) atoms. The predicted octanol–water partition coefficient (Wildman–Crippen LogP) is 1.01. The van der Waals surface area contributed by atoms with Crippen LogP contribution >= 0.6 is 0 Å². The van der Waals surface area contributed by atoms with Gasteiger partial charge in [-0.3, -0.25) is 19.4 Å². The summed E-state index contributed by atoms with van der Waals surface area (Å²) >= 11 is 0. The van der Waals surface area contributed by atoms with Gasteiger partial charge in [0.15, 0.2) is 0 Å². The fraction of sp³-hybridized carbons (Fsp3) is 0.353. The van der Waals surface area contributed by atoms with Crippen LogP contribution in [0.5, 0.6) is 0 Å². The van der Waals surface area contributed by atoms with E-state index < -0.39 is 5.97 Å². The molecule has 8 nitrogen and oxygen atoms in total. The Hall–Kier alpha value is -3.03. The van der Waals surface area contributed by atoms with Gasteiger partial charge in [0.2, 0.25) is 5.91 Å². The van der Waals surface area contributed by atoms with Crippen LogP contribution in [-0.4, -0.2) is 49.9 Å². The number of aliphatic carboxylic acids is 1. The molecular formula is C17H20N4O4. The van der Waals surface area contributed by atoms with Crippen molar-refractivity contribution < 1.29 is 14.7 Å². The number of rotatable bonds is 7. The Bertz CT molecular complexity index is 817. The van der Waals surface area contributed by atoms with Gasteiger partial charge in [0.25, 0.3) is 5.56 Å². The highest BCUT2D eigenvalue weighted by Crippen LogP contribution is 2.13. The second kappa shape index (κ2) is 8.18. The van der Waals surface area contributed by atoms with Crippen LogP contribution in [-0.2, 0) is 16.0 Å². The Kier molecular flexibility index (Phi) is 5.99. The van der Waals surface area contributed by atoms with E-state index in [9.17, 15) is 14.4 Å². The Morgan fingerprint density at radius 3 is 2.68 bits per heavy atom. The van der Waals surface area contributed by atoms with Crippen molar-refractivity contribution in [2.75, 3.05) is 13.1 Å². The number of carboxylic acids is 1. The quantitative estimate of drug-likeness (QED) is 0.774. The number of carbonyl (C=O) groups excluding carboxylic acids is 1. The summed E-state index contributed by atoms with van der Waals surface area (Å²) in [5.74, 6) is -0.874. The lowest BCUT2D eigenvalue weighted by atomic mass is 10.1. The molecule has 2 aromatic rings. The van der Waals surface area contributed by atoms with Gasteiger partial charge in [-0.25, -0.2) is 4.98 Å². The number of H-pyrrole nitrogens is 1. The summed E-state index contributed by atoms with van der Waals surface area (Å²) in [4.78, 5) is 47.8. The van der Waals surface area contributed by atoms with E-state index in [0.717, 1.165) is 0 Å². The molecule has 0 bridgehead atoms. The monoisotopic (exact) mass is 344 g/mol. The van der Waals surface area contributed by atoms with Crippen molar-refractivity contribution >= 4 is 11.9 Å². The SMILES string of the molecule is CCN(CCC(=O)O)C(=O)Cc1c(C)nc(-c2cccnc2)[nH]c1=O. The Labute approximate surface area is 144 Å². The molecule has 0 spiro atoms. The molecule has 8 heteroatoms. The van der Waals surface area contributed by atoms with Crippen LogP contribution < -0.4 is 5.56 Å². The average Bonchev–Trinajstić information content (AvgIpc) is 2.59. The maximum absolute atomic E-state index is 12.4. The normalized spacial score (nSPS) is 10.5. The van der Waals surface area contributed by atoms with Crippen molar-refractivity contribution in [3.05, 3.63) is 46.1 Å². The third kappa shape index (κ3) is 4.72. The van der Waals surface area contributed by atoms with E-state index in [-0.39, 0.29) is 36.4 Å². The number of hydrogen-bond acceptors (Lipinski definition) is 5. The van der Waals surface area contributed by atoms with E-state index in [4.69, 9.17) is 5.11 Å². The Morgan fingerprint density at radius 1 is 1.36 bits per heavy atom. The maximum Gasteiger partial charge on any atom is 0.305 e. The highest BCUT2D eigenvalue weighted by atomic mass is 16.4. The first kappa shape index (κ1) is 18.3. The first-order chi connectivity index (χ1) is 11.9. The maximum atomic E-state index is 12.4. The summed E-state index contributed by atoms with van der Waals surface area (Å²) in [7, 11) is 0. The third-order valence-corrected chi connectivity index (χ3v) is 3.82. The van der Waals surface area contributed by atoms with Crippen molar-refractivity contribution in [1.82, 2.24) is 19.9 Å². The van der Waals surface area contributed by atoms with Gasteiger partial charge in [-0.2, -0.15) is 0 Å². The minimum absolute atomic E-state index is 0.114. The summed E-state index contributed by atoms with van der Waals surface area (Å²) in [6.45, 7) is 3.93. The van der Waals surface area contributed by atoms with Crippen LogP contribution in [0, 0.1) is 6.92 Å². The number of nitrogens with zero attached hydrogens (tertiary/aromatic N) is 3. The van der Waals surface area contributed by atoms with Crippen LogP contribution in [0.1, 0.15) is 24.6 Å². The van der Waals surface area contributed by atoms with Gasteiger partial charge < -0.3 is 15.0 Å². The minimum atomic E-state index is -0.970. The Balaban J connectivity index is 2.21. The van der Waals surface area contributed by atoms with Gasteiger partial charge in [0.05, 0.1) is 12.8 Å². The van der Waals surface area contributed by atoms with Crippen molar-refractivity contribution in [2.45, 2.75) is 26.7 Å². The van der Waals surface area contributed by atoms with Gasteiger partial charge in [0, 0.05) is 42.3 Å². The zero-order chi connectivity index (χ0) is 18.4. The van der Waals surface area contributed by atoms with Gasteiger partial charge in [-0.15, -0.1) is 0 Å². The van der Waals surface area contributed by atoms with Crippen molar-refractivity contribution in [3.8, 4) is 11.4 Å². The number of aromatic amines is 1. The lowest BCUT2D eigenvalue weighted by molar-refractivity contribution is -0.138. The van der Waals surface area contributed by atoms with Gasteiger partial charge in [-0.1, -0.05) is 0 Å². The van der Waals surface area contributed by atoms with Crippen molar-refractivity contribution in [3.63, 3.8) is 0 Å². The molecule has 0 aromatic carbocycles. The molecule has 132 valence electrons. The lowest BCUT2D eigenvalue weighted by Gasteiger charge is -2.20. The van der Waals surface area contributed by atoms with E-state index in [1.165, 1.54) is 4.90 Å². The first-order valence-electron chi connectivity index (χ1n) is 7.92. The van der Waals surface area contributed by atoms with Crippen molar-refractivity contribution in [1.29, 1.82) is 0 Å².